The van der Waals surface area contributed by atoms with Gasteiger partial charge in [0.25, 0.3) is 0 Å². The molecule has 98 valence electrons. The number of anilines is 1. The van der Waals surface area contributed by atoms with Crippen LogP contribution >= 0.6 is 0 Å². The summed E-state index contributed by atoms with van der Waals surface area (Å²) in [4.78, 5) is 22.1. The van der Waals surface area contributed by atoms with Gasteiger partial charge in [0.15, 0.2) is 6.10 Å². The second-order valence-corrected chi connectivity index (χ2v) is 4.27. The number of hydrogen-bond donors (Lipinski definition) is 2. The maximum atomic E-state index is 11.4. The molecular weight excluding hydrogens is 234 g/mol. The van der Waals surface area contributed by atoms with E-state index >= 15 is 0 Å². The molecule has 0 aliphatic carbocycles. The first-order chi connectivity index (χ1) is 8.40. The SMILES string of the molecule is CC(C)C(=O)Nc1ccc(OC(C)C(=O)O)cc1. The van der Waals surface area contributed by atoms with E-state index in [0.717, 1.165) is 0 Å². The molecule has 0 aliphatic rings. The Morgan fingerprint density at radius 1 is 1.17 bits per heavy atom. The number of rotatable bonds is 5. The predicted octanol–water partition coefficient (Wildman–Crippen LogP) is 2.13. The van der Waals surface area contributed by atoms with Gasteiger partial charge in [0.05, 0.1) is 0 Å². The highest BCUT2D eigenvalue weighted by atomic mass is 16.5. The molecule has 1 unspecified atom stereocenters. The third-order valence-corrected chi connectivity index (χ3v) is 2.31. The number of carboxylic acids is 1. The van der Waals surface area contributed by atoms with Gasteiger partial charge < -0.3 is 15.2 Å². The highest BCUT2D eigenvalue weighted by molar-refractivity contribution is 5.92. The molecule has 0 fully saturated rings. The maximum Gasteiger partial charge on any atom is 0.344 e. The van der Waals surface area contributed by atoms with Crippen molar-refractivity contribution >= 4 is 17.6 Å². The van der Waals surface area contributed by atoms with E-state index in [1.165, 1.54) is 6.92 Å². The molecule has 0 heterocycles. The number of carbonyl (C=O) groups is 2. The van der Waals surface area contributed by atoms with Crippen LogP contribution in [0.15, 0.2) is 24.3 Å². The highest BCUT2D eigenvalue weighted by Gasteiger charge is 2.12. The van der Waals surface area contributed by atoms with Crippen LogP contribution in [0.4, 0.5) is 5.69 Å². The van der Waals surface area contributed by atoms with Crippen molar-refractivity contribution in [3.05, 3.63) is 24.3 Å². The average Bonchev–Trinajstić information content (AvgIpc) is 2.31. The fraction of sp³-hybridized carbons (Fsp3) is 0.385. The smallest absolute Gasteiger partial charge is 0.344 e. The molecule has 1 atom stereocenters. The van der Waals surface area contributed by atoms with Crippen molar-refractivity contribution in [2.24, 2.45) is 5.92 Å². The molecule has 5 heteroatoms. The quantitative estimate of drug-likeness (QED) is 0.840. The molecule has 5 nitrogen and oxygen atoms in total. The molecule has 2 N–H and O–H groups in total. The van der Waals surface area contributed by atoms with E-state index in [1.807, 2.05) is 0 Å². The Labute approximate surface area is 106 Å². The van der Waals surface area contributed by atoms with Crippen LogP contribution in [0, 0.1) is 5.92 Å². The molecule has 0 spiro atoms. The van der Waals surface area contributed by atoms with E-state index in [0.29, 0.717) is 11.4 Å². The summed E-state index contributed by atoms with van der Waals surface area (Å²) in [7, 11) is 0. The van der Waals surface area contributed by atoms with E-state index in [4.69, 9.17) is 9.84 Å². The molecule has 0 bridgehead atoms. The van der Waals surface area contributed by atoms with Crippen LogP contribution < -0.4 is 10.1 Å². The molecule has 1 rings (SSSR count). The number of benzene rings is 1. The first kappa shape index (κ1) is 14.0. The summed E-state index contributed by atoms with van der Waals surface area (Å²) in [6, 6.07) is 6.58. The number of ether oxygens (including phenoxy) is 1. The van der Waals surface area contributed by atoms with Crippen molar-refractivity contribution in [1.82, 2.24) is 0 Å². The number of aliphatic carboxylic acids is 1. The summed E-state index contributed by atoms with van der Waals surface area (Å²) in [5, 5.41) is 11.4. The van der Waals surface area contributed by atoms with Crippen LogP contribution in [0.25, 0.3) is 0 Å². The second-order valence-electron chi connectivity index (χ2n) is 4.27. The van der Waals surface area contributed by atoms with Crippen molar-refractivity contribution in [3.63, 3.8) is 0 Å². The third-order valence-electron chi connectivity index (χ3n) is 2.31. The minimum Gasteiger partial charge on any atom is -0.479 e. The van der Waals surface area contributed by atoms with Gasteiger partial charge in [-0.05, 0) is 31.2 Å². The van der Waals surface area contributed by atoms with Crippen molar-refractivity contribution < 1.29 is 19.4 Å². The van der Waals surface area contributed by atoms with Gasteiger partial charge in [-0.2, -0.15) is 0 Å². The third kappa shape index (κ3) is 4.08. The summed E-state index contributed by atoms with van der Waals surface area (Å²) in [6.07, 6.45) is -0.902. The number of carboxylic acid groups (broad SMARTS) is 1. The predicted molar refractivity (Wildman–Crippen MR) is 67.6 cm³/mol. The lowest BCUT2D eigenvalue weighted by molar-refractivity contribution is -0.144. The van der Waals surface area contributed by atoms with Crippen LogP contribution in [-0.4, -0.2) is 23.1 Å². The average molecular weight is 251 g/mol. The summed E-state index contributed by atoms with van der Waals surface area (Å²) in [5.74, 6) is -0.727. The van der Waals surface area contributed by atoms with E-state index in [-0.39, 0.29) is 11.8 Å². The van der Waals surface area contributed by atoms with Gasteiger partial charge in [-0.15, -0.1) is 0 Å². The largest absolute Gasteiger partial charge is 0.479 e. The van der Waals surface area contributed by atoms with Gasteiger partial charge in [0, 0.05) is 11.6 Å². The standard InChI is InChI=1S/C13H17NO4/c1-8(2)12(15)14-10-4-6-11(7-5-10)18-9(3)13(16)17/h4-9H,1-3H3,(H,14,15)(H,16,17). The normalized spacial score (nSPS) is 12.0. The molecule has 0 saturated carbocycles. The maximum absolute atomic E-state index is 11.4. The zero-order chi connectivity index (χ0) is 13.7. The van der Waals surface area contributed by atoms with Crippen molar-refractivity contribution in [2.45, 2.75) is 26.9 Å². The second kappa shape index (κ2) is 6.05. The lowest BCUT2D eigenvalue weighted by Crippen LogP contribution is -2.22. The minimum absolute atomic E-state index is 0.0671. The Morgan fingerprint density at radius 2 is 1.72 bits per heavy atom. The number of carbonyl (C=O) groups excluding carboxylic acids is 1. The van der Waals surface area contributed by atoms with E-state index in [1.54, 1.807) is 38.1 Å². The van der Waals surface area contributed by atoms with Gasteiger partial charge >= 0.3 is 5.97 Å². The molecule has 1 amide bonds. The lowest BCUT2D eigenvalue weighted by atomic mass is 10.2. The molecular formula is C13H17NO4. The Balaban J connectivity index is 2.63. The van der Waals surface area contributed by atoms with Crippen molar-refractivity contribution in [1.29, 1.82) is 0 Å². The Morgan fingerprint density at radius 3 is 2.17 bits per heavy atom. The van der Waals surface area contributed by atoms with Gasteiger partial charge in [-0.25, -0.2) is 4.79 Å². The molecule has 18 heavy (non-hydrogen) atoms. The molecule has 0 aromatic heterocycles. The number of nitrogens with one attached hydrogen (secondary N) is 1. The Kier molecular flexibility index (Phi) is 4.71. The summed E-state index contributed by atoms with van der Waals surface area (Å²) < 4.78 is 5.17. The first-order valence-electron chi connectivity index (χ1n) is 5.70. The molecule has 0 aliphatic heterocycles. The lowest BCUT2D eigenvalue weighted by Gasteiger charge is -2.11. The number of hydrogen-bond acceptors (Lipinski definition) is 3. The van der Waals surface area contributed by atoms with Crippen LogP contribution in [0.2, 0.25) is 0 Å². The van der Waals surface area contributed by atoms with Gasteiger partial charge in [0.1, 0.15) is 5.75 Å². The van der Waals surface area contributed by atoms with E-state index < -0.39 is 12.1 Å². The topological polar surface area (TPSA) is 75.6 Å². The minimum atomic E-state index is -1.02. The van der Waals surface area contributed by atoms with Gasteiger partial charge in [0.2, 0.25) is 5.91 Å². The molecule has 1 aromatic carbocycles. The first-order valence-corrected chi connectivity index (χ1v) is 5.70. The van der Waals surface area contributed by atoms with Crippen LogP contribution in [-0.2, 0) is 9.59 Å². The fourth-order valence-corrected chi connectivity index (χ4v) is 1.16. The van der Waals surface area contributed by atoms with Crippen LogP contribution in [0.1, 0.15) is 20.8 Å². The Hall–Kier alpha value is -2.04. The van der Waals surface area contributed by atoms with E-state index in [2.05, 4.69) is 5.32 Å². The fourth-order valence-electron chi connectivity index (χ4n) is 1.16. The monoisotopic (exact) mass is 251 g/mol. The van der Waals surface area contributed by atoms with Crippen LogP contribution in [0.5, 0.6) is 5.75 Å². The van der Waals surface area contributed by atoms with Gasteiger partial charge in [-0.1, -0.05) is 13.8 Å². The summed E-state index contributed by atoms with van der Waals surface area (Å²) >= 11 is 0. The van der Waals surface area contributed by atoms with Crippen LogP contribution in [0.3, 0.4) is 0 Å². The van der Waals surface area contributed by atoms with Crippen molar-refractivity contribution in [3.8, 4) is 5.75 Å². The summed E-state index contributed by atoms with van der Waals surface area (Å²) in [6.45, 7) is 5.07. The molecule has 1 aromatic rings. The molecule has 0 radical (unpaired) electrons. The summed E-state index contributed by atoms with van der Waals surface area (Å²) in [5.41, 5.74) is 0.657. The molecule has 0 saturated heterocycles. The van der Waals surface area contributed by atoms with E-state index in [9.17, 15) is 9.59 Å². The zero-order valence-corrected chi connectivity index (χ0v) is 10.6. The zero-order valence-electron chi connectivity index (χ0n) is 10.6. The van der Waals surface area contributed by atoms with Crippen molar-refractivity contribution in [2.75, 3.05) is 5.32 Å². The Bertz CT molecular complexity index is 425. The van der Waals surface area contributed by atoms with Gasteiger partial charge in [-0.3, -0.25) is 4.79 Å². The highest BCUT2D eigenvalue weighted by Crippen LogP contribution is 2.17. The number of amides is 1.